The van der Waals surface area contributed by atoms with Crippen LogP contribution in [0.5, 0.6) is 0 Å². The van der Waals surface area contributed by atoms with Crippen molar-refractivity contribution < 1.29 is 14.7 Å². The van der Waals surface area contributed by atoms with E-state index in [4.69, 9.17) is 10.8 Å². The van der Waals surface area contributed by atoms with Gasteiger partial charge in [-0.3, -0.25) is 9.69 Å². The molecule has 0 saturated heterocycles. The predicted molar refractivity (Wildman–Crippen MR) is 75.7 cm³/mol. The predicted octanol–water partition coefficient (Wildman–Crippen LogP) is 1.54. The highest BCUT2D eigenvalue weighted by atomic mass is 32.1. The number of carbonyl (C=O) groups is 2. The van der Waals surface area contributed by atoms with Crippen molar-refractivity contribution in [3.05, 3.63) is 28.0 Å². The third-order valence-electron chi connectivity index (χ3n) is 2.52. The van der Waals surface area contributed by atoms with Gasteiger partial charge in [0.05, 0.1) is 6.54 Å². The average Bonchev–Trinajstić information content (AvgIpc) is 2.72. The Hall–Kier alpha value is -1.66. The van der Waals surface area contributed by atoms with Gasteiger partial charge >= 0.3 is 5.97 Å². The monoisotopic (exact) mass is 282 g/mol. The summed E-state index contributed by atoms with van der Waals surface area (Å²) in [5.41, 5.74) is 5.22. The molecule has 0 spiro atoms. The summed E-state index contributed by atoms with van der Waals surface area (Å²) in [5.74, 6) is -1.32. The number of nitrogens with zero attached hydrogens (tertiary/aromatic N) is 1. The van der Waals surface area contributed by atoms with E-state index in [0.717, 1.165) is 15.8 Å². The summed E-state index contributed by atoms with van der Waals surface area (Å²) < 4.78 is 0. The van der Waals surface area contributed by atoms with Crippen molar-refractivity contribution in [3.63, 3.8) is 0 Å². The summed E-state index contributed by atoms with van der Waals surface area (Å²) in [7, 11) is 0. The first kappa shape index (κ1) is 15.4. The molecular formula is C13H18N2O3S. The molecule has 5 nitrogen and oxygen atoms in total. The maximum absolute atomic E-state index is 11.0. The zero-order chi connectivity index (χ0) is 14.4. The second kappa shape index (κ2) is 7.06. The van der Waals surface area contributed by atoms with Gasteiger partial charge in [0, 0.05) is 28.4 Å². The Balaban J connectivity index is 2.70. The Morgan fingerprint density at radius 2 is 2.16 bits per heavy atom. The number of nitrogens with two attached hydrogens (primary N) is 1. The first-order valence-electron chi connectivity index (χ1n) is 5.90. The van der Waals surface area contributed by atoms with Gasteiger partial charge in [0.1, 0.15) is 0 Å². The molecule has 1 rings (SSSR count). The van der Waals surface area contributed by atoms with Gasteiger partial charge in [0.15, 0.2) is 0 Å². The molecule has 19 heavy (non-hydrogen) atoms. The van der Waals surface area contributed by atoms with E-state index in [9.17, 15) is 9.59 Å². The van der Waals surface area contributed by atoms with Crippen molar-refractivity contribution in [2.45, 2.75) is 26.4 Å². The fourth-order valence-corrected chi connectivity index (χ4v) is 2.49. The molecule has 0 atom stereocenters. The maximum Gasteiger partial charge on any atom is 0.328 e. The van der Waals surface area contributed by atoms with Crippen molar-refractivity contribution in [3.8, 4) is 0 Å². The van der Waals surface area contributed by atoms with Gasteiger partial charge in [-0.05, 0) is 32.1 Å². The number of hydrogen-bond donors (Lipinski definition) is 2. The van der Waals surface area contributed by atoms with Gasteiger partial charge in [-0.1, -0.05) is 0 Å². The van der Waals surface area contributed by atoms with Crippen molar-refractivity contribution in [1.82, 2.24) is 4.90 Å². The molecule has 3 N–H and O–H groups in total. The quantitative estimate of drug-likeness (QED) is 0.743. The van der Waals surface area contributed by atoms with Crippen molar-refractivity contribution >= 4 is 29.3 Å². The highest BCUT2D eigenvalue weighted by molar-refractivity contribution is 7.12. The van der Waals surface area contributed by atoms with E-state index < -0.39 is 5.97 Å². The third kappa shape index (κ3) is 5.67. The minimum atomic E-state index is -0.965. The van der Waals surface area contributed by atoms with E-state index in [1.54, 1.807) is 6.08 Å². The van der Waals surface area contributed by atoms with Gasteiger partial charge in [-0.25, -0.2) is 4.79 Å². The summed E-state index contributed by atoms with van der Waals surface area (Å²) in [6.45, 7) is 4.85. The fraction of sp³-hybridized carbons (Fsp3) is 0.385. The number of primary amides is 1. The molecule has 104 valence electrons. The van der Waals surface area contributed by atoms with Crippen molar-refractivity contribution in [1.29, 1.82) is 0 Å². The smallest absolute Gasteiger partial charge is 0.328 e. The zero-order valence-corrected chi connectivity index (χ0v) is 11.8. The molecule has 6 heteroatoms. The zero-order valence-electron chi connectivity index (χ0n) is 11.0. The maximum atomic E-state index is 11.0. The lowest BCUT2D eigenvalue weighted by Gasteiger charge is -2.24. The van der Waals surface area contributed by atoms with E-state index >= 15 is 0 Å². The second-order valence-electron chi connectivity index (χ2n) is 4.44. The Morgan fingerprint density at radius 1 is 1.47 bits per heavy atom. The number of thiophene rings is 1. The van der Waals surface area contributed by atoms with Gasteiger partial charge < -0.3 is 10.8 Å². The first-order valence-corrected chi connectivity index (χ1v) is 6.72. The van der Waals surface area contributed by atoms with E-state index in [1.165, 1.54) is 11.3 Å². The SMILES string of the molecule is CC(C)N(CC(N)=O)Cc1ccc(C=CC(=O)O)s1. The van der Waals surface area contributed by atoms with Gasteiger partial charge in [0.25, 0.3) is 0 Å². The van der Waals surface area contributed by atoms with Crippen LogP contribution in [0.15, 0.2) is 18.2 Å². The number of carboxylic acids is 1. The number of carbonyl (C=O) groups excluding carboxylic acids is 1. The summed E-state index contributed by atoms with van der Waals surface area (Å²) in [4.78, 5) is 25.3. The highest BCUT2D eigenvalue weighted by Crippen LogP contribution is 2.20. The van der Waals surface area contributed by atoms with E-state index in [1.807, 2.05) is 30.9 Å². The van der Waals surface area contributed by atoms with Crippen LogP contribution < -0.4 is 5.73 Å². The van der Waals surface area contributed by atoms with Gasteiger partial charge in [-0.15, -0.1) is 11.3 Å². The van der Waals surface area contributed by atoms with Crippen molar-refractivity contribution in [2.75, 3.05) is 6.54 Å². The molecule has 0 fully saturated rings. The van der Waals surface area contributed by atoms with Crippen LogP contribution in [0.4, 0.5) is 0 Å². The standard InChI is InChI=1S/C13H18N2O3S/c1-9(2)15(8-12(14)16)7-11-4-3-10(19-11)5-6-13(17)18/h3-6,9H,7-8H2,1-2H3,(H2,14,16)(H,17,18). The van der Waals surface area contributed by atoms with E-state index in [-0.39, 0.29) is 18.5 Å². The normalized spacial score (nSPS) is 11.6. The van der Waals surface area contributed by atoms with Gasteiger partial charge in [-0.2, -0.15) is 0 Å². The number of amides is 1. The first-order chi connectivity index (χ1) is 8.88. The lowest BCUT2D eigenvalue weighted by Crippen LogP contribution is -2.37. The molecule has 0 aliphatic carbocycles. The Labute approximate surface area is 116 Å². The van der Waals surface area contributed by atoms with Crippen molar-refractivity contribution in [2.24, 2.45) is 5.73 Å². The van der Waals surface area contributed by atoms with Crippen LogP contribution in [0.1, 0.15) is 23.6 Å². The summed E-state index contributed by atoms with van der Waals surface area (Å²) in [6.07, 6.45) is 2.67. The topological polar surface area (TPSA) is 83.6 Å². The second-order valence-corrected chi connectivity index (χ2v) is 5.64. The number of aliphatic carboxylic acids is 1. The summed E-state index contributed by atoms with van der Waals surface area (Å²) in [6, 6.07) is 4.01. The molecule has 0 radical (unpaired) electrons. The Kier molecular flexibility index (Phi) is 5.72. The average molecular weight is 282 g/mol. The summed E-state index contributed by atoms with van der Waals surface area (Å²) >= 11 is 1.50. The Morgan fingerprint density at radius 3 is 2.68 bits per heavy atom. The van der Waals surface area contributed by atoms with Crippen LogP contribution in [-0.4, -0.2) is 34.5 Å². The molecule has 0 aromatic carbocycles. The van der Waals surface area contributed by atoms with E-state index in [0.29, 0.717) is 6.54 Å². The van der Waals surface area contributed by atoms with Crippen LogP contribution in [0.3, 0.4) is 0 Å². The van der Waals surface area contributed by atoms with E-state index in [2.05, 4.69) is 0 Å². The molecule has 1 aromatic heterocycles. The fourth-order valence-electron chi connectivity index (χ4n) is 1.54. The molecule has 0 aliphatic heterocycles. The molecule has 1 heterocycles. The molecule has 0 saturated carbocycles. The number of rotatable bonds is 7. The molecule has 0 aliphatic rings. The minimum Gasteiger partial charge on any atom is -0.478 e. The highest BCUT2D eigenvalue weighted by Gasteiger charge is 2.13. The van der Waals surface area contributed by atoms with Crippen LogP contribution in [0.2, 0.25) is 0 Å². The largest absolute Gasteiger partial charge is 0.478 e. The molecular weight excluding hydrogens is 264 g/mol. The van der Waals surface area contributed by atoms with Crippen LogP contribution in [0.25, 0.3) is 6.08 Å². The molecule has 0 bridgehead atoms. The molecule has 1 amide bonds. The van der Waals surface area contributed by atoms with Crippen LogP contribution in [0, 0.1) is 0 Å². The Bertz CT molecular complexity index is 480. The molecule has 1 aromatic rings. The van der Waals surface area contributed by atoms with Crippen LogP contribution >= 0.6 is 11.3 Å². The number of carboxylic acid groups (broad SMARTS) is 1. The minimum absolute atomic E-state index is 0.215. The lowest BCUT2D eigenvalue weighted by atomic mass is 10.3. The number of hydrogen-bond acceptors (Lipinski definition) is 4. The van der Waals surface area contributed by atoms with Gasteiger partial charge in [0.2, 0.25) is 5.91 Å². The third-order valence-corrected chi connectivity index (χ3v) is 3.56. The van der Waals surface area contributed by atoms with Crippen LogP contribution in [-0.2, 0) is 16.1 Å². The lowest BCUT2D eigenvalue weighted by molar-refractivity contribution is -0.131. The summed E-state index contributed by atoms with van der Waals surface area (Å²) in [5, 5.41) is 8.56. The molecule has 0 unspecified atom stereocenters.